The van der Waals surface area contributed by atoms with Crippen LogP contribution in [-0.4, -0.2) is 66.5 Å². The fourth-order valence-electron chi connectivity index (χ4n) is 3.14. The number of carbonyl (C=O) groups excluding carboxylic acids is 2. The van der Waals surface area contributed by atoms with E-state index in [-0.39, 0.29) is 30.2 Å². The van der Waals surface area contributed by atoms with Crippen LogP contribution in [0, 0.1) is 0 Å². The zero-order chi connectivity index (χ0) is 22.9. The van der Waals surface area contributed by atoms with Crippen LogP contribution in [0.3, 0.4) is 0 Å². The van der Waals surface area contributed by atoms with E-state index in [1.165, 1.54) is 23.1 Å². The van der Waals surface area contributed by atoms with Gasteiger partial charge in [-0.15, -0.1) is 11.3 Å². The van der Waals surface area contributed by atoms with E-state index < -0.39 is 0 Å². The number of ether oxygens (including phenoxy) is 2. The van der Waals surface area contributed by atoms with Gasteiger partial charge in [-0.05, 0) is 24.6 Å². The largest absolute Gasteiger partial charge is 0.466 e. The van der Waals surface area contributed by atoms with Crippen molar-refractivity contribution in [2.75, 3.05) is 38.6 Å². The number of hydrogen-bond donors (Lipinski definition) is 1. The lowest BCUT2D eigenvalue weighted by molar-refractivity contribution is -0.142. The molecule has 0 radical (unpaired) electrons. The van der Waals surface area contributed by atoms with Crippen molar-refractivity contribution in [2.45, 2.75) is 30.3 Å². The SMILES string of the molecule is CCOC(=O)Cc1csc(SCC(=O)NCC2CN(Cc3ccc(Cl)cc3Cl)CCO2)n1. The number of amides is 1. The third-order valence-corrected chi connectivity index (χ3v) is 7.30. The van der Waals surface area contributed by atoms with Gasteiger partial charge in [0.05, 0.1) is 37.2 Å². The number of carbonyl (C=O) groups is 2. The van der Waals surface area contributed by atoms with E-state index in [2.05, 4.69) is 15.2 Å². The Morgan fingerprint density at radius 3 is 3.03 bits per heavy atom. The Hall–Kier alpha value is -1.36. The van der Waals surface area contributed by atoms with Crippen LogP contribution in [0.4, 0.5) is 0 Å². The van der Waals surface area contributed by atoms with Crippen molar-refractivity contribution in [3.63, 3.8) is 0 Å². The molecule has 1 aliphatic heterocycles. The molecular formula is C21H25Cl2N3O4S2. The molecule has 0 saturated carbocycles. The Morgan fingerprint density at radius 1 is 1.41 bits per heavy atom. The number of nitrogens with one attached hydrogen (secondary N) is 1. The fourth-order valence-corrected chi connectivity index (χ4v) is 5.28. The number of halogens is 2. The number of morpholine rings is 1. The van der Waals surface area contributed by atoms with Crippen LogP contribution in [0.25, 0.3) is 0 Å². The van der Waals surface area contributed by atoms with Gasteiger partial charge in [0.25, 0.3) is 0 Å². The van der Waals surface area contributed by atoms with Crippen molar-refractivity contribution in [3.8, 4) is 0 Å². The Bertz CT molecular complexity index is 928. The minimum Gasteiger partial charge on any atom is -0.466 e. The van der Waals surface area contributed by atoms with Crippen LogP contribution in [0.2, 0.25) is 10.0 Å². The van der Waals surface area contributed by atoms with Crippen molar-refractivity contribution < 1.29 is 19.1 Å². The van der Waals surface area contributed by atoms with Gasteiger partial charge in [-0.3, -0.25) is 14.5 Å². The number of nitrogens with zero attached hydrogens (tertiary/aromatic N) is 2. The summed E-state index contributed by atoms with van der Waals surface area (Å²) in [7, 11) is 0. The maximum absolute atomic E-state index is 12.2. The number of aromatic nitrogens is 1. The van der Waals surface area contributed by atoms with Gasteiger partial charge in [0, 0.05) is 41.6 Å². The molecule has 1 aliphatic rings. The topological polar surface area (TPSA) is 80.8 Å². The summed E-state index contributed by atoms with van der Waals surface area (Å²) in [4.78, 5) is 30.4. The Morgan fingerprint density at radius 2 is 2.25 bits per heavy atom. The van der Waals surface area contributed by atoms with Gasteiger partial charge in [-0.1, -0.05) is 41.0 Å². The summed E-state index contributed by atoms with van der Waals surface area (Å²) >= 11 is 15.0. The second-order valence-electron chi connectivity index (χ2n) is 7.14. The second kappa shape index (κ2) is 12.8. The number of hydrogen-bond acceptors (Lipinski definition) is 8. The molecule has 1 N–H and O–H groups in total. The summed E-state index contributed by atoms with van der Waals surface area (Å²) in [6, 6.07) is 5.52. The first kappa shape index (κ1) is 25.3. The third kappa shape index (κ3) is 8.20. The molecule has 1 unspecified atom stereocenters. The molecule has 2 heterocycles. The van der Waals surface area contributed by atoms with Crippen LogP contribution in [0.5, 0.6) is 0 Å². The summed E-state index contributed by atoms with van der Waals surface area (Å²) in [5.41, 5.74) is 1.68. The van der Waals surface area contributed by atoms with Gasteiger partial charge in [0.15, 0.2) is 4.34 Å². The van der Waals surface area contributed by atoms with Crippen LogP contribution in [0.15, 0.2) is 27.9 Å². The lowest BCUT2D eigenvalue weighted by Crippen LogP contribution is -2.47. The maximum Gasteiger partial charge on any atom is 0.311 e. The molecule has 1 aromatic heterocycles. The molecule has 3 rings (SSSR count). The van der Waals surface area contributed by atoms with Crippen molar-refractivity contribution in [3.05, 3.63) is 44.9 Å². The Labute approximate surface area is 205 Å². The monoisotopic (exact) mass is 517 g/mol. The summed E-state index contributed by atoms with van der Waals surface area (Å²) in [6.07, 6.45) is 0.0632. The number of thioether (sulfide) groups is 1. The van der Waals surface area contributed by atoms with Gasteiger partial charge in [-0.2, -0.15) is 0 Å². The van der Waals surface area contributed by atoms with Crippen molar-refractivity contribution in [1.29, 1.82) is 0 Å². The predicted octanol–water partition coefficient (Wildman–Crippen LogP) is 3.66. The molecule has 1 atom stereocenters. The summed E-state index contributed by atoms with van der Waals surface area (Å²) < 4.78 is 11.5. The predicted molar refractivity (Wildman–Crippen MR) is 128 cm³/mol. The highest BCUT2D eigenvalue weighted by Crippen LogP contribution is 2.24. The standard InChI is InChI=1S/C21H25Cl2N3O4S2/c1-2-29-20(28)8-16-12-31-21(25-16)32-13-19(27)24-9-17-11-26(5-6-30-17)10-14-3-4-15(22)7-18(14)23/h3-4,7,12,17H,2,5-6,8-11,13H2,1H3,(H,24,27). The smallest absolute Gasteiger partial charge is 0.311 e. The lowest BCUT2D eigenvalue weighted by Gasteiger charge is -2.33. The van der Waals surface area contributed by atoms with E-state index in [0.717, 1.165) is 16.4 Å². The quantitative estimate of drug-likeness (QED) is 0.380. The van der Waals surface area contributed by atoms with E-state index in [1.54, 1.807) is 13.0 Å². The summed E-state index contributed by atoms with van der Waals surface area (Å²) in [6.45, 7) is 5.37. The van der Waals surface area contributed by atoms with Crippen LogP contribution in [-0.2, 0) is 32.0 Å². The molecule has 2 aromatic rings. The summed E-state index contributed by atoms with van der Waals surface area (Å²) in [5.74, 6) is -0.131. The average molecular weight is 518 g/mol. The Kier molecular flexibility index (Phi) is 10.1. The van der Waals surface area contributed by atoms with Gasteiger partial charge < -0.3 is 14.8 Å². The molecule has 1 aromatic carbocycles. The lowest BCUT2D eigenvalue weighted by atomic mass is 10.2. The molecule has 1 amide bonds. The zero-order valence-electron chi connectivity index (χ0n) is 17.6. The van der Waals surface area contributed by atoms with Crippen LogP contribution >= 0.6 is 46.3 Å². The second-order valence-corrected chi connectivity index (χ2v) is 10.1. The molecule has 0 bridgehead atoms. The highest BCUT2D eigenvalue weighted by molar-refractivity contribution is 8.01. The third-order valence-electron chi connectivity index (χ3n) is 4.65. The van der Waals surface area contributed by atoms with Crippen molar-refractivity contribution >= 4 is 58.2 Å². The highest BCUT2D eigenvalue weighted by atomic mass is 35.5. The molecular weight excluding hydrogens is 493 g/mol. The number of benzene rings is 1. The van der Waals surface area contributed by atoms with Gasteiger partial charge in [0.1, 0.15) is 0 Å². The number of thiazole rings is 1. The Balaban J connectivity index is 1.38. The van der Waals surface area contributed by atoms with E-state index in [0.29, 0.717) is 48.6 Å². The number of rotatable bonds is 10. The van der Waals surface area contributed by atoms with Gasteiger partial charge in [-0.25, -0.2) is 4.98 Å². The molecule has 0 spiro atoms. The molecule has 1 fully saturated rings. The normalized spacial score (nSPS) is 16.7. The van der Waals surface area contributed by atoms with Gasteiger partial charge >= 0.3 is 5.97 Å². The number of esters is 1. The molecule has 11 heteroatoms. The molecule has 1 saturated heterocycles. The van der Waals surface area contributed by atoms with E-state index >= 15 is 0 Å². The van der Waals surface area contributed by atoms with Crippen molar-refractivity contribution in [2.24, 2.45) is 0 Å². The van der Waals surface area contributed by atoms with Gasteiger partial charge in [0.2, 0.25) is 5.91 Å². The maximum atomic E-state index is 12.2. The van der Waals surface area contributed by atoms with E-state index in [1.807, 2.05) is 17.5 Å². The van der Waals surface area contributed by atoms with E-state index in [4.69, 9.17) is 32.7 Å². The van der Waals surface area contributed by atoms with Crippen LogP contribution < -0.4 is 5.32 Å². The summed E-state index contributed by atoms with van der Waals surface area (Å²) in [5, 5.41) is 6.01. The fraction of sp³-hybridized carbons (Fsp3) is 0.476. The first-order chi connectivity index (χ1) is 15.4. The highest BCUT2D eigenvalue weighted by Gasteiger charge is 2.22. The minimum atomic E-state index is -0.299. The van der Waals surface area contributed by atoms with E-state index in [9.17, 15) is 9.59 Å². The average Bonchev–Trinajstić information content (AvgIpc) is 3.20. The zero-order valence-corrected chi connectivity index (χ0v) is 20.8. The molecule has 7 nitrogen and oxygen atoms in total. The first-order valence-electron chi connectivity index (χ1n) is 10.2. The minimum absolute atomic E-state index is 0.0835. The first-order valence-corrected chi connectivity index (χ1v) is 12.8. The molecule has 174 valence electrons. The molecule has 0 aliphatic carbocycles. The van der Waals surface area contributed by atoms with Crippen LogP contribution in [0.1, 0.15) is 18.2 Å². The molecule has 32 heavy (non-hydrogen) atoms. The van der Waals surface area contributed by atoms with Crippen molar-refractivity contribution in [1.82, 2.24) is 15.2 Å².